The first-order valence-electron chi connectivity index (χ1n) is 11.4. The zero-order chi connectivity index (χ0) is 21.3. The first-order valence-corrected chi connectivity index (χ1v) is 11.4. The zero-order valence-electron chi connectivity index (χ0n) is 19.3. The normalized spacial score (nSPS) is 15.1. The lowest BCUT2D eigenvalue weighted by molar-refractivity contribution is 0.587. The molecule has 0 amide bonds. The van der Waals surface area contributed by atoms with Gasteiger partial charge in [-0.25, -0.2) is 0 Å². The molecule has 0 saturated carbocycles. The zero-order valence-corrected chi connectivity index (χ0v) is 19.3. The quantitative estimate of drug-likeness (QED) is 0.424. The number of hydrogen-bond acceptors (Lipinski definition) is 1. The van der Waals surface area contributed by atoms with Gasteiger partial charge in [0, 0.05) is 11.8 Å². The Morgan fingerprint density at radius 2 is 1.07 bits per heavy atom. The van der Waals surface area contributed by atoms with Gasteiger partial charge in [-0.1, -0.05) is 53.7 Å². The SMILES string of the molecule is CC(C)(C)c1ccnc(-c2cc3c4c(c2)CCc2cc(C(C)(C)C)cc(c2-4)CC3)c1. The van der Waals surface area contributed by atoms with Crippen LogP contribution in [-0.4, -0.2) is 4.98 Å². The van der Waals surface area contributed by atoms with Gasteiger partial charge in [-0.15, -0.1) is 0 Å². The third kappa shape index (κ3) is 3.20. The van der Waals surface area contributed by atoms with Crippen LogP contribution in [-0.2, 0) is 36.5 Å². The number of pyridine rings is 1. The molecule has 2 aliphatic rings. The van der Waals surface area contributed by atoms with E-state index in [0.29, 0.717) is 0 Å². The van der Waals surface area contributed by atoms with E-state index in [1.54, 1.807) is 16.7 Å². The Labute approximate surface area is 181 Å². The molecule has 0 spiro atoms. The van der Waals surface area contributed by atoms with Crippen molar-refractivity contribution in [2.75, 3.05) is 0 Å². The van der Waals surface area contributed by atoms with E-state index in [-0.39, 0.29) is 10.8 Å². The van der Waals surface area contributed by atoms with Crippen LogP contribution in [0.5, 0.6) is 0 Å². The Hall–Kier alpha value is -2.41. The smallest absolute Gasteiger partial charge is 0.0705 e. The molecule has 3 aromatic rings. The van der Waals surface area contributed by atoms with Crippen molar-refractivity contribution in [2.45, 2.75) is 78.1 Å². The van der Waals surface area contributed by atoms with Crippen molar-refractivity contribution in [2.24, 2.45) is 0 Å². The molecule has 1 heteroatoms. The van der Waals surface area contributed by atoms with Crippen LogP contribution in [0.2, 0.25) is 0 Å². The van der Waals surface area contributed by atoms with Crippen LogP contribution in [0.3, 0.4) is 0 Å². The monoisotopic (exact) mass is 395 g/mol. The van der Waals surface area contributed by atoms with Crippen LogP contribution in [0.4, 0.5) is 0 Å². The van der Waals surface area contributed by atoms with Gasteiger partial charge < -0.3 is 0 Å². The van der Waals surface area contributed by atoms with E-state index in [1.807, 2.05) is 6.20 Å². The van der Waals surface area contributed by atoms with Gasteiger partial charge in [0.25, 0.3) is 0 Å². The molecule has 0 bridgehead atoms. The average molecular weight is 396 g/mol. The Kier molecular flexibility index (Phi) is 4.26. The van der Waals surface area contributed by atoms with Crippen molar-refractivity contribution in [3.8, 4) is 22.4 Å². The van der Waals surface area contributed by atoms with Gasteiger partial charge in [0.15, 0.2) is 0 Å². The highest BCUT2D eigenvalue weighted by atomic mass is 14.7. The summed E-state index contributed by atoms with van der Waals surface area (Å²) < 4.78 is 0. The van der Waals surface area contributed by atoms with E-state index in [9.17, 15) is 0 Å². The van der Waals surface area contributed by atoms with Crippen LogP contribution in [0, 0.1) is 0 Å². The summed E-state index contributed by atoms with van der Waals surface area (Å²) in [6, 6.07) is 14.3. The second kappa shape index (κ2) is 6.54. The lowest BCUT2D eigenvalue weighted by Crippen LogP contribution is -2.18. The number of aromatic nitrogens is 1. The Bertz CT molecular complexity index is 1100. The summed E-state index contributed by atoms with van der Waals surface area (Å²) in [4.78, 5) is 4.75. The summed E-state index contributed by atoms with van der Waals surface area (Å²) in [6.07, 6.45) is 6.54. The van der Waals surface area contributed by atoms with Gasteiger partial charge in [-0.3, -0.25) is 4.98 Å². The van der Waals surface area contributed by atoms with Crippen LogP contribution >= 0.6 is 0 Å². The molecular weight excluding hydrogens is 362 g/mol. The van der Waals surface area contributed by atoms with Gasteiger partial charge in [0.2, 0.25) is 0 Å². The molecule has 1 nitrogen and oxygen atoms in total. The number of rotatable bonds is 1. The Morgan fingerprint density at radius 3 is 1.53 bits per heavy atom. The highest BCUT2D eigenvalue weighted by Crippen LogP contribution is 2.45. The van der Waals surface area contributed by atoms with E-state index >= 15 is 0 Å². The molecule has 2 aliphatic carbocycles. The molecule has 0 radical (unpaired) electrons. The van der Waals surface area contributed by atoms with Crippen molar-refractivity contribution in [1.82, 2.24) is 4.98 Å². The van der Waals surface area contributed by atoms with E-state index < -0.39 is 0 Å². The summed E-state index contributed by atoms with van der Waals surface area (Å²) >= 11 is 0. The van der Waals surface area contributed by atoms with Crippen molar-refractivity contribution in [1.29, 1.82) is 0 Å². The van der Waals surface area contributed by atoms with Crippen molar-refractivity contribution in [3.05, 3.63) is 76.0 Å². The molecule has 154 valence electrons. The summed E-state index contributed by atoms with van der Waals surface area (Å²) in [6.45, 7) is 13.8. The number of aryl methyl sites for hydroxylation is 4. The molecule has 2 aromatic carbocycles. The minimum absolute atomic E-state index is 0.138. The first-order chi connectivity index (χ1) is 14.1. The lowest BCUT2D eigenvalue weighted by Gasteiger charge is -2.32. The molecule has 0 fully saturated rings. The van der Waals surface area contributed by atoms with E-state index in [2.05, 4.69) is 77.9 Å². The van der Waals surface area contributed by atoms with Crippen LogP contribution < -0.4 is 0 Å². The molecule has 0 atom stereocenters. The summed E-state index contributed by atoms with van der Waals surface area (Å²) in [5, 5.41) is 0. The summed E-state index contributed by atoms with van der Waals surface area (Å²) in [7, 11) is 0. The summed E-state index contributed by atoms with van der Waals surface area (Å²) in [5.74, 6) is 0. The Balaban J connectivity index is 1.65. The van der Waals surface area contributed by atoms with Gasteiger partial charge in [-0.05, 0) is 105 Å². The molecule has 1 aromatic heterocycles. The van der Waals surface area contributed by atoms with Crippen molar-refractivity contribution >= 4 is 0 Å². The topological polar surface area (TPSA) is 12.9 Å². The maximum Gasteiger partial charge on any atom is 0.0705 e. The highest BCUT2D eigenvalue weighted by Gasteiger charge is 2.28. The second-order valence-electron chi connectivity index (χ2n) is 11.3. The third-order valence-corrected chi connectivity index (χ3v) is 6.97. The summed E-state index contributed by atoms with van der Waals surface area (Å²) in [5.41, 5.74) is 14.8. The minimum Gasteiger partial charge on any atom is -0.256 e. The molecule has 0 N–H and O–H groups in total. The Morgan fingerprint density at radius 1 is 0.600 bits per heavy atom. The third-order valence-electron chi connectivity index (χ3n) is 6.97. The highest BCUT2D eigenvalue weighted by molar-refractivity contribution is 5.84. The molecule has 5 rings (SSSR count). The fraction of sp³-hybridized carbons (Fsp3) is 0.414. The molecule has 0 unspecified atom stereocenters. The van der Waals surface area contributed by atoms with Gasteiger partial charge in [0.05, 0.1) is 5.69 Å². The van der Waals surface area contributed by atoms with Crippen LogP contribution in [0.15, 0.2) is 42.6 Å². The predicted octanol–water partition coefficient (Wildman–Crippen LogP) is 7.21. The van der Waals surface area contributed by atoms with Crippen molar-refractivity contribution in [3.63, 3.8) is 0 Å². The fourth-order valence-electron chi connectivity index (χ4n) is 5.14. The van der Waals surface area contributed by atoms with Crippen LogP contribution in [0.1, 0.15) is 74.9 Å². The lowest BCUT2D eigenvalue weighted by atomic mass is 9.72. The largest absolute Gasteiger partial charge is 0.256 e. The average Bonchev–Trinajstić information content (AvgIpc) is 2.70. The minimum atomic E-state index is 0.138. The molecule has 0 aliphatic heterocycles. The van der Waals surface area contributed by atoms with Crippen molar-refractivity contribution < 1.29 is 0 Å². The molecule has 0 saturated heterocycles. The molecule has 30 heavy (non-hydrogen) atoms. The standard InChI is InChI=1S/C29H33N/c1-28(2,3)23-11-12-30-25(17-23)22-13-18-7-9-20-15-24(29(4,5)6)16-21-10-8-19(14-22)26(18)27(20)21/h11-17H,7-10H2,1-6H3. The van der Waals surface area contributed by atoms with Gasteiger partial charge in [0.1, 0.15) is 0 Å². The van der Waals surface area contributed by atoms with E-state index in [0.717, 1.165) is 31.4 Å². The number of nitrogens with zero attached hydrogens (tertiary/aromatic N) is 1. The first kappa shape index (κ1) is 19.5. The fourth-order valence-corrected chi connectivity index (χ4v) is 5.14. The van der Waals surface area contributed by atoms with Crippen LogP contribution in [0.25, 0.3) is 22.4 Å². The number of hydrogen-bond donors (Lipinski definition) is 0. The van der Waals surface area contributed by atoms with E-state index in [1.165, 1.54) is 33.4 Å². The maximum atomic E-state index is 4.75. The maximum absolute atomic E-state index is 4.75. The van der Waals surface area contributed by atoms with Gasteiger partial charge in [-0.2, -0.15) is 0 Å². The van der Waals surface area contributed by atoms with Gasteiger partial charge >= 0.3 is 0 Å². The van der Waals surface area contributed by atoms with E-state index in [4.69, 9.17) is 4.98 Å². The predicted molar refractivity (Wildman–Crippen MR) is 127 cm³/mol. The molecule has 1 heterocycles. The second-order valence-corrected chi connectivity index (χ2v) is 11.3. The molecular formula is C29H33N. The number of benzene rings is 2.